The highest BCUT2D eigenvalue weighted by Crippen LogP contribution is 2.30. The first-order valence-electron chi connectivity index (χ1n) is 7.77. The van der Waals surface area contributed by atoms with E-state index < -0.39 is 0 Å². The Balaban J connectivity index is 0.00000192. The minimum atomic E-state index is -0.256. The van der Waals surface area contributed by atoms with Gasteiger partial charge in [0.1, 0.15) is 17.3 Å². The van der Waals surface area contributed by atoms with Crippen LogP contribution in [0.4, 0.5) is 4.39 Å². The molecule has 0 amide bonds. The molecular weight excluding hydrogens is 315 g/mol. The first-order valence-corrected chi connectivity index (χ1v) is 7.77. The van der Waals surface area contributed by atoms with Crippen molar-refractivity contribution in [2.45, 2.75) is 32.9 Å². The van der Waals surface area contributed by atoms with Crippen LogP contribution in [-0.2, 0) is 6.54 Å². The van der Waals surface area contributed by atoms with Crippen LogP contribution in [0.15, 0.2) is 40.8 Å². The second-order valence-corrected chi connectivity index (χ2v) is 6.84. The minimum absolute atomic E-state index is 0. The van der Waals surface area contributed by atoms with Crippen molar-refractivity contribution in [3.63, 3.8) is 0 Å². The van der Waals surface area contributed by atoms with Crippen LogP contribution >= 0.6 is 12.4 Å². The van der Waals surface area contributed by atoms with Crippen LogP contribution < -0.4 is 5.73 Å². The number of benzene rings is 1. The van der Waals surface area contributed by atoms with Crippen LogP contribution in [0.1, 0.15) is 26.0 Å². The lowest BCUT2D eigenvalue weighted by Crippen LogP contribution is -2.51. The molecule has 1 unspecified atom stereocenters. The Labute approximate surface area is 143 Å². The van der Waals surface area contributed by atoms with Crippen LogP contribution in [0.2, 0.25) is 0 Å². The van der Waals surface area contributed by atoms with Gasteiger partial charge in [-0.2, -0.15) is 0 Å². The Morgan fingerprint density at radius 3 is 2.70 bits per heavy atom. The molecule has 1 aromatic heterocycles. The maximum Gasteiger partial charge on any atom is 0.137 e. The zero-order chi connectivity index (χ0) is 15.7. The number of hydrogen-bond donors (Lipinski definition) is 1. The van der Waals surface area contributed by atoms with Crippen molar-refractivity contribution in [1.82, 2.24) is 4.90 Å². The van der Waals surface area contributed by atoms with Crippen LogP contribution in [0.5, 0.6) is 0 Å². The van der Waals surface area contributed by atoms with E-state index in [9.17, 15) is 4.39 Å². The van der Waals surface area contributed by atoms with Gasteiger partial charge >= 0.3 is 0 Å². The molecule has 3 rings (SSSR count). The van der Waals surface area contributed by atoms with Gasteiger partial charge in [-0.1, -0.05) is 26.0 Å². The van der Waals surface area contributed by atoms with Gasteiger partial charge in [0.15, 0.2) is 0 Å². The average Bonchev–Trinajstić information content (AvgIpc) is 2.91. The SMILES string of the molecule is CC1(C)CN(Cc2ccc(-c3ccccc3F)o2)CCC1N.Cl. The Bertz CT molecular complexity index is 656. The highest BCUT2D eigenvalue weighted by Gasteiger charge is 2.33. The van der Waals surface area contributed by atoms with Crippen molar-refractivity contribution in [2.75, 3.05) is 13.1 Å². The molecule has 1 atom stereocenters. The van der Waals surface area contributed by atoms with Crippen molar-refractivity contribution in [2.24, 2.45) is 11.1 Å². The lowest BCUT2D eigenvalue weighted by molar-refractivity contribution is 0.0846. The third kappa shape index (κ3) is 3.94. The lowest BCUT2D eigenvalue weighted by atomic mass is 9.80. The molecule has 1 aromatic carbocycles. The number of halogens is 2. The van der Waals surface area contributed by atoms with Gasteiger partial charge in [0.05, 0.1) is 12.1 Å². The van der Waals surface area contributed by atoms with Crippen LogP contribution in [0.25, 0.3) is 11.3 Å². The van der Waals surface area contributed by atoms with E-state index in [1.54, 1.807) is 12.1 Å². The maximum absolute atomic E-state index is 13.8. The van der Waals surface area contributed by atoms with Crippen LogP contribution in [0.3, 0.4) is 0 Å². The molecular formula is C18H24ClFN2O. The molecule has 1 saturated heterocycles. The van der Waals surface area contributed by atoms with E-state index in [4.69, 9.17) is 10.2 Å². The van der Waals surface area contributed by atoms with E-state index in [1.807, 2.05) is 18.2 Å². The Morgan fingerprint density at radius 1 is 1.26 bits per heavy atom. The van der Waals surface area contributed by atoms with E-state index in [2.05, 4.69) is 18.7 Å². The van der Waals surface area contributed by atoms with E-state index in [1.165, 1.54) is 6.07 Å². The van der Waals surface area contributed by atoms with E-state index in [0.29, 0.717) is 11.3 Å². The summed E-state index contributed by atoms with van der Waals surface area (Å²) in [5, 5.41) is 0. The molecule has 0 saturated carbocycles. The molecule has 0 spiro atoms. The number of rotatable bonds is 3. The fourth-order valence-corrected chi connectivity index (χ4v) is 3.11. The van der Waals surface area contributed by atoms with Gasteiger partial charge < -0.3 is 10.2 Å². The van der Waals surface area contributed by atoms with Gasteiger partial charge in [0.25, 0.3) is 0 Å². The number of piperidine rings is 1. The Hall–Kier alpha value is -1.36. The summed E-state index contributed by atoms with van der Waals surface area (Å²) in [4.78, 5) is 2.35. The third-order valence-corrected chi connectivity index (χ3v) is 4.57. The van der Waals surface area contributed by atoms with Crippen molar-refractivity contribution in [3.8, 4) is 11.3 Å². The molecule has 1 aliphatic rings. The number of likely N-dealkylation sites (tertiary alicyclic amines) is 1. The largest absolute Gasteiger partial charge is 0.460 e. The molecule has 3 nitrogen and oxygen atoms in total. The number of nitrogens with zero attached hydrogens (tertiary/aromatic N) is 1. The molecule has 2 heterocycles. The van der Waals surface area contributed by atoms with Gasteiger partial charge in [-0.05, 0) is 36.1 Å². The van der Waals surface area contributed by atoms with Gasteiger partial charge in [0, 0.05) is 19.1 Å². The first-order chi connectivity index (χ1) is 10.5. The molecule has 0 aliphatic carbocycles. The average molecular weight is 339 g/mol. The molecule has 1 aliphatic heterocycles. The monoisotopic (exact) mass is 338 g/mol. The molecule has 1 fully saturated rings. The van der Waals surface area contributed by atoms with Crippen molar-refractivity contribution < 1.29 is 8.81 Å². The summed E-state index contributed by atoms with van der Waals surface area (Å²) in [6, 6.07) is 10.7. The van der Waals surface area contributed by atoms with Crippen LogP contribution in [-0.4, -0.2) is 24.0 Å². The highest BCUT2D eigenvalue weighted by atomic mass is 35.5. The summed E-state index contributed by atoms with van der Waals surface area (Å²) in [5.41, 5.74) is 6.79. The van der Waals surface area contributed by atoms with Crippen LogP contribution in [0, 0.1) is 11.2 Å². The third-order valence-electron chi connectivity index (χ3n) is 4.57. The van der Waals surface area contributed by atoms with Crippen molar-refractivity contribution >= 4 is 12.4 Å². The molecule has 5 heteroatoms. The predicted molar refractivity (Wildman–Crippen MR) is 93.0 cm³/mol. The minimum Gasteiger partial charge on any atom is -0.460 e. The zero-order valence-electron chi connectivity index (χ0n) is 13.6. The Kier molecular flexibility index (Phi) is 5.50. The quantitative estimate of drug-likeness (QED) is 0.917. The Morgan fingerprint density at radius 2 is 2.00 bits per heavy atom. The van der Waals surface area contributed by atoms with Gasteiger partial charge in [-0.25, -0.2) is 4.39 Å². The topological polar surface area (TPSA) is 42.4 Å². The van der Waals surface area contributed by atoms with E-state index in [-0.39, 0.29) is 29.7 Å². The van der Waals surface area contributed by atoms with Crippen molar-refractivity contribution in [3.05, 3.63) is 48.0 Å². The number of nitrogens with two attached hydrogens (primary N) is 1. The summed E-state index contributed by atoms with van der Waals surface area (Å²) < 4.78 is 19.6. The second-order valence-electron chi connectivity index (χ2n) is 6.84. The smallest absolute Gasteiger partial charge is 0.137 e. The second kappa shape index (κ2) is 7.04. The molecule has 0 bridgehead atoms. The fraction of sp³-hybridized carbons (Fsp3) is 0.444. The van der Waals surface area contributed by atoms with Gasteiger partial charge in [-0.15, -0.1) is 12.4 Å². The highest BCUT2D eigenvalue weighted by molar-refractivity contribution is 5.85. The van der Waals surface area contributed by atoms with E-state index >= 15 is 0 Å². The normalized spacial score (nSPS) is 21.0. The van der Waals surface area contributed by atoms with Gasteiger partial charge in [0.2, 0.25) is 0 Å². The summed E-state index contributed by atoms with van der Waals surface area (Å²) in [6.07, 6.45) is 0.994. The van der Waals surface area contributed by atoms with Gasteiger partial charge in [-0.3, -0.25) is 4.90 Å². The predicted octanol–water partition coefficient (Wildman–Crippen LogP) is 4.07. The van der Waals surface area contributed by atoms with E-state index in [0.717, 1.165) is 31.8 Å². The summed E-state index contributed by atoms with van der Waals surface area (Å²) in [6.45, 7) is 7.07. The molecule has 23 heavy (non-hydrogen) atoms. The summed E-state index contributed by atoms with van der Waals surface area (Å²) in [5.74, 6) is 1.19. The molecule has 2 N–H and O–H groups in total. The number of hydrogen-bond acceptors (Lipinski definition) is 3. The fourth-order valence-electron chi connectivity index (χ4n) is 3.11. The van der Waals surface area contributed by atoms with Crippen molar-refractivity contribution in [1.29, 1.82) is 0 Å². The maximum atomic E-state index is 13.8. The molecule has 2 aromatic rings. The first kappa shape index (κ1) is 18.0. The standard InChI is InChI=1S/C18H23FN2O.ClH/c1-18(2)12-21(10-9-17(18)20)11-13-7-8-16(22-13)14-5-3-4-6-15(14)19;/h3-8,17H,9-12,20H2,1-2H3;1H. The lowest BCUT2D eigenvalue weighted by Gasteiger charge is -2.42. The molecule has 126 valence electrons. The summed E-state index contributed by atoms with van der Waals surface area (Å²) >= 11 is 0. The number of furan rings is 1. The zero-order valence-corrected chi connectivity index (χ0v) is 14.4. The summed E-state index contributed by atoms with van der Waals surface area (Å²) in [7, 11) is 0. The molecule has 0 radical (unpaired) electrons.